The maximum absolute atomic E-state index is 12.6. The number of hydrogen-bond acceptors (Lipinski definition) is 4. The van der Waals surface area contributed by atoms with Gasteiger partial charge in [-0.3, -0.25) is 0 Å². The van der Waals surface area contributed by atoms with E-state index in [1.165, 1.54) is 0 Å². The molecule has 0 spiro atoms. The Kier molecular flexibility index (Phi) is 4.28. The van der Waals surface area contributed by atoms with Gasteiger partial charge in [0.25, 0.3) is 6.43 Å². The molecule has 18 heavy (non-hydrogen) atoms. The summed E-state index contributed by atoms with van der Waals surface area (Å²) >= 11 is 0. The van der Waals surface area contributed by atoms with Crippen molar-refractivity contribution in [2.24, 2.45) is 5.73 Å². The minimum atomic E-state index is -5.01. The average Bonchev–Trinajstić information content (AvgIpc) is 2.26. The number of ether oxygens (including phenoxy) is 2. The van der Waals surface area contributed by atoms with Crippen LogP contribution in [0.15, 0.2) is 6.07 Å². The lowest BCUT2D eigenvalue weighted by atomic mass is 10.2. The van der Waals surface area contributed by atoms with Crippen LogP contribution < -0.4 is 15.2 Å². The van der Waals surface area contributed by atoms with Gasteiger partial charge in [-0.05, 0) is 6.07 Å². The first kappa shape index (κ1) is 14.4. The first-order valence-corrected chi connectivity index (χ1v) is 4.60. The zero-order valence-electron chi connectivity index (χ0n) is 9.09. The molecule has 1 aromatic rings. The molecule has 0 saturated heterocycles. The van der Waals surface area contributed by atoms with E-state index in [1.54, 1.807) is 0 Å². The zero-order valence-corrected chi connectivity index (χ0v) is 9.09. The minimum Gasteiger partial charge on any atom is -0.481 e. The Morgan fingerprint density at radius 3 is 2.39 bits per heavy atom. The van der Waals surface area contributed by atoms with Gasteiger partial charge in [-0.15, -0.1) is 13.2 Å². The summed E-state index contributed by atoms with van der Waals surface area (Å²) in [4.78, 5) is 3.46. The Hall–Kier alpha value is -1.64. The van der Waals surface area contributed by atoms with E-state index in [0.717, 1.165) is 7.11 Å². The lowest BCUT2D eigenvalue weighted by molar-refractivity contribution is -0.275. The molecule has 1 rings (SSSR count). The summed E-state index contributed by atoms with van der Waals surface area (Å²) < 4.78 is 69.5. The predicted octanol–water partition coefficient (Wildman–Crippen LogP) is 2.39. The third kappa shape index (κ3) is 3.42. The Morgan fingerprint density at radius 1 is 1.39 bits per heavy atom. The molecule has 0 radical (unpaired) electrons. The van der Waals surface area contributed by atoms with Crippen molar-refractivity contribution in [3.63, 3.8) is 0 Å². The van der Waals surface area contributed by atoms with Crippen LogP contribution in [0, 0.1) is 0 Å². The maximum atomic E-state index is 12.6. The molecule has 0 atom stereocenters. The van der Waals surface area contributed by atoms with E-state index >= 15 is 0 Å². The summed E-state index contributed by atoms with van der Waals surface area (Å²) in [5.41, 5.74) is 4.04. The standard InChI is InChI=1S/C9H9F5N2O2/c1-17-8-4(7(10)11)2-6(5(3-15)16-8)18-9(12,13)14/h2,7H,3,15H2,1H3. The second-order valence-corrected chi connectivity index (χ2v) is 3.08. The molecular weight excluding hydrogens is 263 g/mol. The monoisotopic (exact) mass is 272 g/mol. The normalized spacial score (nSPS) is 11.8. The highest BCUT2D eigenvalue weighted by atomic mass is 19.4. The van der Waals surface area contributed by atoms with Crippen molar-refractivity contribution in [1.29, 1.82) is 0 Å². The summed E-state index contributed by atoms with van der Waals surface area (Å²) in [6.07, 6.45) is -8.06. The highest BCUT2D eigenvalue weighted by Crippen LogP contribution is 2.34. The Bertz CT molecular complexity index is 422. The van der Waals surface area contributed by atoms with Crippen LogP contribution in [0.2, 0.25) is 0 Å². The van der Waals surface area contributed by atoms with Crippen molar-refractivity contribution in [3.8, 4) is 11.6 Å². The number of hydrogen-bond donors (Lipinski definition) is 1. The van der Waals surface area contributed by atoms with Gasteiger partial charge in [0.15, 0.2) is 5.75 Å². The topological polar surface area (TPSA) is 57.4 Å². The van der Waals surface area contributed by atoms with E-state index in [4.69, 9.17) is 5.73 Å². The molecule has 9 heteroatoms. The molecule has 1 heterocycles. The summed E-state index contributed by atoms with van der Waals surface area (Å²) in [5.74, 6) is -1.35. The fourth-order valence-electron chi connectivity index (χ4n) is 1.21. The Morgan fingerprint density at radius 2 is 2.00 bits per heavy atom. The van der Waals surface area contributed by atoms with E-state index in [-0.39, 0.29) is 5.69 Å². The Labute approximate surface area is 98.5 Å². The predicted molar refractivity (Wildman–Crippen MR) is 50.3 cm³/mol. The fourth-order valence-corrected chi connectivity index (χ4v) is 1.21. The van der Waals surface area contributed by atoms with Crippen LogP contribution in [0.4, 0.5) is 22.0 Å². The molecule has 0 unspecified atom stereocenters. The zero-order chi connectivity index (χ0) is 13.9. The highest BCUT2D eigenvalue weighted by molar-refractivity contribution is 5.39. The number of alkyl halides is 5. The molecule has 0 saturated carbocycles. The third-order valence-electron chi connectivity index (χ3n) is 1.90. The van der Waals surface area contributed by atoms with Crippen molar-refractivity contribution in [2.75, 3.05) is 7.11 Å². The van der Waals surface area contributed by atoms with Crippen LogP contribution in [-0.4, -0.2) is 18.5 Å². The first-order chi connectivity index (χ1) is 8.28. The molecular formula is C9H9F5N2O2. The molecule has 0 aliphatic heterocycles. The number of nitrogens with two attached hydrogens (primary N) is 1. The SMILES string of the molecule is COc1nc(CN)c(OC(F)(F)F)cc1C(F)F. The van der Waals surface area contributed by atoms with E-state index < -0.39 is 36.5 Å². The van der Waals surface area contributed by atoms with Gasteiger partial charge >= 0.3 is 6.36 Å². The van der Waals surface area contributed by atoms with Gasteiger partial charge in [0, 0.05) is 6.54 Å². The number of halogens is 5. The van der Waals surface area contributed by atoms with Crippen LogP contribution in [0.5, 0.6) is 11.6 Å². The number of aromatic nitrogens is 1. The molecule has 102 valence electrons. The van der Waals surface area contributed by atoms with Gasteiger partial charge in [-0.2, -0.15) is 0 Å². The quantitative estimate of drug-likeness (QED) is 0.855. The molecule has 0 aromatic carbocycles. The summed E-state index contributed by atoms with van der Waals surface area (Å²) in [7, 11) is 1.07. The number of methoxy groups -OCH3 is 1. The van der Waals surface area contributed by atoms with E-state index in [1.807, 2.05) is 0 Å². The van der Waals surface area contributed by atoms with E-state index in [9.17, 15) is 22.0 Å². The molecule has 0 aliphatic carbocycles. The molecule has 0 bridgehead atoms. The van der Waals surface area contributed by atoms with Crippen LogP contribution >= 0.6 is 0 Å². The van der Waals surface area contributed by atoms with Crippen LogP contribution in [0.1, 0.15) is 17.7 Å². The van der Waals surface area contributed by atoms with Gasteiger partial charge in [0.2, 0.25) is 5.88 Å². The number of nitrogens with zero attached hydrogens (tertiary/aromatic N) is 1. The highest BCUT2D eigenvalue weighted by Gasteiger charge is 2.33. The van der Waals surface area contributed by atoms with Gasteiger partial charge in [-0.25, -0.2) is 13.8 Å². The third-order valence-corrected chi connectivity index (χ3v) is 1.90. The second kappa shape index (κ2) is 5.34. The molecule has 0 fully saturated rings. The van der Waals surface area contributed by atoms with Crippen molar-refractivity contribution in [1.82, 2.24) is 4.98 Å². The summed E-state index contributed by atoms with van der Waals surface area (Å²) in [6, 6.07) is 0.520. The first-order valence-electron chi connectivity index (χ1n) is 4.60. The van der Waals surface area contributed by atoms with Gasteiger partial charge < -0.3 is 15.2 Å². The van der Waals surface area contributed by atoms with Crippen molar-refractivity contribution >= 4 is 0 Å². The Balaban J connectivity index is 3.27. The van der Waals surface area contributed by atoms with E-state index in [2.05, 4.69) is 14.5 Å². The van der Waals surface area contributed by atoms with Crippen molar-refractivity contribution < 1.29 is 31.4 Å². The van der Waals surface area contributed by atoms with Gasteiger partial charge in [0.1, 0.15) is 5.69 Å². The molecule has 0 amide bonds. The van der Waals surface area contributed by atoms with Crippen molar-refractivity contribution in [2.45, 2.75) is 19.3 Å². The molecule has 0 aliphatic rings. The van der Waals surface area contributed by atoms with Crippen LogP contribution in [0.25, 0.3) is 0 Å². The van der Waals surface area contributed by atoms with Crippen LogP contribution in [0.3, 0.4) is 0 Å². The lowest BCUT2D eigenvalue weighted by Gasteiger charge is -2.15. The maximum Gasteiger partial charge on any atom is 0.573 e. The number of rotatable bonds is 4. The summed E-state index contributed by atoms with van der Waals surface area (Å²) in [5, 5.41) is 0. The smallest absolute Gasteiger partial charge is 0.481 e. The van der Waals surface area contributed by atoms with E-state index in [0.29, 0.717) is 6.07 Å². The summed E-state index contributed by atoms with van der Waals surface area (Å²) in [6.45, 7) is -0.411. The second-order valence-electron chi connectivity index (χ2n) is 3.08. The number of pyridine rings is 1. The van der Waals surface area contributed by atoms with Gasteiger partial charge in [0.05, 0.1) is 12.7 Å². The molecule has 4 nitrogen and oxygen atoms in total. The van der Waals surface area contributed by atoms with Crippen LogP contribution in [-0.2, 0) is 6.54 Å². The van der Waals surface area contributed by atoms with Crippen molar-refractivity contribution in [3.05, 3.63) is 17.3 Å². The van der Waals surface area contributed by atoms with Gasteiger partial charge in [-0.1, -0.05) is 0 Å². The fraction of sp³-hybridized carbons (Fsp3) is 0.444. The molecule has 1 aromatic heterocycles. The average molecular weight is 272 g/mol. The largest absolute Gasteiger partial charge is 0.573 e. The minimum absolute atomic E-state index is 0.325. The molecule has 2 N–H and O–H groups in total. The lowest BCUT2D eigenvalue weighted by Crippen LogP contribution is -2.20.